The fraction of sp³-hybridized carbons (Fsp3) is 0.375. The Bertz CT molecular complexity index is 1230. The molecule has 2 bridgehead atoms. The highest BCUT2D eigenvalue weighted by Gasteiger charge is 2.35. The largest absolute Gasteiger partial charge is 0.494 e. The Labute approximate surface area is 175 Å². The molecule has 0 saturated carbocycles. The number of rotatable bonds is 2. The number of carbonyl (C=O) groups is 1. The van der Waals surface area contributed by atoms with Crippen molar-refractivity contribution in [3.05, 3.63) is 58.0 Å². The van der Waals surface area contributed by atoms with Crippen LogP contribution in [0.5, 0.6) is 5.75 Å². The van der Waals surface area contributed by atoms with Crippen LogP contribution >= 0.6 is 0 Å². The van der Waals surface area contributed by atoms with Crippen molar-refractivity contribution < 1.29 is 9.53 Å². The second kappa shape index (κ2) is 6.97. The number of aromatic nitrogens is 2. The molecular weight excluding hydrogens is 378 g/mol. The number of ether oxygens (including phenoxy) is 1. The number of hydrogen-bond acceptors (Lipinski definition) is 4. The van der Waals surface area contributed by atoms with Crippen LogP contribution in [-0.2, 0) is 11.3 Å². The minimum atomic E-state index is 0.00746. The zero-order chi connectivity index (χ0) is 21.0. The number of para-hydroxylation sites is 1. The van der Waals surface area contributed by atoms with Crippen molar-refractivity contribution in [2.45, 2.75) is 32.7 Å². The van der Waals surface area contributed by atoms with E-state index in [4.69, 9.17) is 9.72 Å². The number of carbonyl (C=O) groups excluding carboxylic acids is 1. The monoisotopic (exact) mass is 403 g/mol. The van der Waals surface area contributed by atoms with Crippen molar-refractivity contribution in [3.63, 3.8) is 0 Å². The van der Waals surface area contributed by atoms with Gasteiger partial charge in [-0.3, -0.25) is 9.59 Å². The number of piperidine rings is 1. The maximum Gasteiger partial charge on any atom is 0.251 e. The molecule has 2 aromatic heterocycles. The molecule has 3 aromatic rings. The molecule has 1 saturated heterocycles. The topological polar surface area (TPSA) is 64.4 Å². The van der Waals surface area contributed by atoms with Gasteiger partial charge in [-0.2, -0.15) is 0 Å². The number of fused-ring (bicyclic) bond motifs is 5. The first kappa shape index (κ1) is 18.9. The van der Waals surface area contributed by atoms with Crippen LogP contribution in [0, 0.1) is 12.8 Å². The Morgan fingerprint density at radius 2 is 2.00 bits per heavy atom. The van der Waals surface area contributed by atoms with E-state index in [0.29, 0.717) is 19.0 Å². The van der Waals surface area contributed by atoms with Crippen LogP contribution in [0.4, 0.5) is 0 Å². The highest BCUT2D eigenvalue weighted by atomic mass is 16.5. The van der Waals surface area contributed by atoms with Gasteiger partial charge in [-0.25, -0.2) is 4.98 Å². The zero-order valence-electron chi connectivity index (χ0n) is 17.5. The predicted octanol–water partition coefficient (Wildman–Crippen LogP) is 3.35. The van der Waals surface area contributed by atoms with Gasteiger partial charge in [0.2, 0.25) is 5.91 Å². The fourth-order valence-electron chi connectivity index (χ4n) is 5.07. The normalized spacial score (nSPS) is 20.2. The molecule has 5 rings (SSSR count). The van der Waals surface area contributed by atoms with Crippen LogP contribution in [0.15, 0.2) is 41.2 Å². The summed E-state index contributed by atoms with van der Waals surface area (Å²) in [5, 5.41) is 1.04. The number of hydrogen-bond donors (Lipinski definition) is 0. The maximum absolute atomic E-state index is 13.0. The lowest BCUT2D eigenvalue weighted by molar-refractivity contribution is -0.131. The summed E-state index contributed by atoms with van der Waals surface area (Å²) in [6.45, 7) is 5.76. The predicted molar refractivity (Wildman–Crippen MR) is 116 cm³/mol. The van der Waals surface area contributed by atoms with E-state index in [0.717, 1.165) is 52.1 Å². The Hall–Kier alpha value is -3.15. The summed E-state index contributed by atoms with van der Waals surface area (Å²) < 4.78 is 7.41. The number of nitrogens with zero attached hydrogens (tertiary/aromatic N) is 3. The van der Waals surface area contributed by atoms with Gasteiger partial charge in [0.25, 0.3) is 5.56 Å². The number of aryl methyl sites for hydroxylation is 1. The van der Waals surface area contributed by atoms with E-state index >= 15 is 0 Å². The van der Waals surface area contributed by atoms with Crippen molar-refractivity contribution in [1.29, 1.82) is 0 Å². The minimum Gasteiger partial charge on any atom is -0.494 e. The summed E-state index contributed by atoms with van der Waals surface area (Å²) in [7, 11) is 1.64. The SMILES string of the molecule is COc1cccc2c(C)cc(-c3cc4n(c(=O)c3)C[C@H]3C[C@@H]4CN(C(C)=O)C3)nc12. The number of benzene rings is 1. The molecule has 0 unspecified atom stereocenters. The van der Waals surface area contributed by atoms with Crippen LogP contribution in [0.25, 0.3) is 22.2 Å². The average Bonchev–Trinajstić information content (AvgIpc) is 2.73. The molecule has 2 aliphatic heterocycles. The van der Waals surface area contributed by atoms with Crippen LogP contribution in [0.1, 0.15) is 30.5 Å². The van der Waals surface area contributed by atoms with E-state index in [1.54, 1.807) is 20.1 Å². The molecule has 4 heterocycles. The molecule has 0 radical (unpaired) electrons. The first-order valence-corrected chi connectivity index (χ1v) is 10.4. The van der Waals surface area contributed by atoms with E-state index in [1.165, 1.54) is 0 Å². The maximum atomic E-state index is 13.0. The first-order valence-electron chi connectivity index (χ1n) is 10.4. The Kier molecular flexibility index (Phi) is 4.38. The summed E-state index contributed by atoms with van der Waals surface area (Å²) in [4.78, 5) is 31.7. The smallest absolute Gasteiger partial charge is 0.251 e. The molecule has 2 aliphatic rings. The molecule has 6 nitrogen and oxygen atoms in total. The van der Waals surface area contributed by atoms with Crippen LogP contribution in [0.2, 0.25) is 0 Å². The molecule has 2 atom stereocenters. The molecule has 6 heteroatoms. The molecule has 0 spiro atoms. The molecule has 154 valence electrons. The average molecular weight is 403 g/mol. The minimum absolute atomic E-state index is 0.00746. The summed E-state index contributed by atoms with van der Waals surface area (Å²) in [6, 6.07) is 11.7. The molecule has 1 amide bonds. The quantitative estimate of drug-likeness (QED) is 0.658. The molecule has 0 aliphatic carbocycles. The van der Waals surface area contributed by atoms with Crippen LogP contribution in [-0.4, -0.2) is 40.6 Å². The third-order valence-electron chi connectivity index (χ3n) is 6.53. The highest BCUT2D eigenvalue weighted by Crippen LogP contribution is 2.37. The highest BCUT2D eigenvalue weighted by molar-refractivity contribution is 5.89. The third-order valence-corrected chi connectivity index (χ3v) is 6.53. The van der Waals surface area contributed by atoms with Gasteiger partial charge in [0.05, 0.1) is 12.8 Å². The summed E-state index contributed by atoms with van der Waals surface area (Å²) in [5.74, 6) is 1.36. The standard InChI is InChI=1S/C24H25N3O3/c1-14-7-20(25-24-19(14)5-4-6-22(24)30-3)17-9-21-18-8-16(11-26(13-18)15(2)28)12-27(21)23(29)10-17/h4-7,9-10,16,18H,8,11-13H2,1-3H3/t16-,18+/m0/s1. The summed E-state index contributed by atoms with van der Waals surface area (Å²) in [6.07, 6.45) is 1.02. The van der Waals surface area contributed by atoms with Gasteiger partial charge in [0.1, 0.15) is 11.3 Å². The van der Waals surface area contributed by atoms with Gasteiger partial charge in [0.15, 0.2) is 0 Å². The van der Waals surface area contributed by atoms with E-state index in [1.807, 2.05) is 33.7 Å². The molecule has 0 N–H and O–H groups in total. The lowest BCUT2D eigenvalue weighted by Crippen LogP contribution is -2.48. The van der Waals surface area contributed by atoms with E-state index in [2.05, 4.69) is 13.0 Å². The Morgan fingerprint density at radius 3 is 2.77 bits per heavy atom. The van der Waals surface area contributed by atoms with E-state index in [-0.39, 0.29) is 17.4 Å². The Morgan fingerprint density at radius 1 is 1.17 bits per heavy atom. The van der Waals surface area contributed by atoms with E-state index < -0.39 is 0 Å². The fourth-order valence-corrected chi connectivity index (χ4v) is 5.07. The number of likely N-dealkylation sites (tertiary alicyclic amines) is 1. The van der Waals surface area contributed by atoms with Crippen molar-refractivity contribution in [1.82, 2.24) is 14.5 Å². The number of amides is 1. The van der Waals surface area contributed by atoms with Gasteiger partial charge >= 0.3 is 0 Å². The van der Waals surface area contributed by atoms with Crippen molar-refractivity contribution >= 4 is 16.8 Å². The zero-order valence-corrected chi connectivity index (χ0v) is 17.5. The van der Waals surface area contributed by atoms with Crippen molar-refractivity contribution in [2.75, 3.05) is 20.2 Å². The van der Waals surface area contributed by atoms with Gasteiger partial charge in [-0.1, -0.05) is 12.1 Å². The lowest BCUT2D eigenvalue weighted by atomic mass is 9.82. The van der Waals surface area contributed by atoms with Crippen LogP contribution < -0.4 is 10.3 Å². The molecule has 30 heavy (non-hydrogen) atoms. The second-order valence-corrected chi connectivity index (χ2v) is 8.52. The summed E-state index contributed by atoms with van der Waals surface area (Å²) in [5.41, 5.74) is 4.50. The van der Waals surface area contributed by atoms with Crippen molar-refractivity contribution in [2.24, 2.45) is 5.92 Å². The third kappa shape index (κ3) is 2.98. The van der Waals surface area contributed by atoms with Gasteiger partial charge in [-0.05, 0) is 43.0 Å². The van der Waals surface area contributed by atoms with Crippen LogP contribution in [0.3, 0.4) is 0 Å². The van der Waals surface area contributed by atoms with Crippen molar-refractivity contribution in [3.8, 4) is 17.0 Å². The lowest BCUT2D eigenvalue weighted by Gasteiger charge is -2.42. The van der Waals surface area contributed by atoms with Gasteiger partial charge < -0.3 is 14.2 Å². The molecule has 1 fully saturated rings. The molecule has 1 aromatic carbocycles. The van der Waals surface area contributed by atoms with Gasteiger partial charge in [-0.15, -0.1) is 0 Å². The second-order valence-electron chi connectivity index (χ2n) is 8.52. The first-order chi connectivity index (χ1) is 14.4. The summed E-state index contributed by atoms with van der Waals surface area (Å²) >= 11 is 0. The molecular formula is C24H25N3O3. The van der Waals surface area contributed by atoms with Gasteiger partial charge in [0, 0.05) is 55.2 Å². The number of methoxy groups -OCH3 is 1. The van der Waals surface area contributed by atoms with E-state index in [9.17, 15) is 9.59 Å². The Balaban J connectivity index is 1.64. The number of pyridine rings is 2.